The van der Waals surface area contributed by atoms with Crippen molar-refractivity contribution in [1.29, 1.82) is 0 Å². The largest absolute Gasteiger partial charge is 0.459 e. The van der Waals surface area contributed by atoms with Crippen LogP contribution in [0.4, 0.5) is 0 Å². The van der Waals surface area contributed by atoms with Gasteiger partial charge in [0.2, 0.25) is 0 Å². The fourth-order valence-electron chi connectivity index (χ4n) is 4.11. The topological polar surface area (TPSA) is 51.4 Å². The minimum Gasteiger partial charge on any atom is -0.459 e. The van der Waals surface area contributed by atoms with Crippen molar-refractivity contribution in [3.8, 4) is 0 Å². The van der Waals surface area contributed by atoms with Gasteiger partial charge in [0.1, 0.15) is 12.2 Å². The highest BCUT2D eigenvalue weighted by Gasteiger charge is 2.64. The van der Waals surface area contributed by atoms with E-state index in [2.05, 4.69) is 13.8 Å². The van der Waals surface area contributed by atoms with Gasteiger partial charge in [0.25, 0.3) is 0 Å². The van der Waals surface area contributed by atoms with Gasteiger partial charge in [0, 0.05) is 5.92 Å². The standard InChI is InChI=1S/C15H22O4/c1-8-9-4-6-14(2)10(18-14)5-7-15(3)12(19-15)11(9)17-13(8)16/h8-12H,4-7H2,1-3H3/t8-,9-,10-,11+,12-,14-,15-/m1/s1. The highest BCUT2D eigenvalue weighted by Crippen LogP contribution is 2.54. The van der Waals surface area contributed by atoms with Crippen LogP contribution in [-0.4, -0.2) is 35.5 Å². The molecular formula is C15H22O4. The molecule has 106 valence electrons. The number of ether oxygens (including phenoxy) is 3. The monoisotopic (exact) mass is 266 g/mol. The van der Waals surface area contributed by atoms with Crippen molar-refractivity contribution in [2.75, 3.05) is 0 Å². The summed E-state index contributed by atoms with van der Waals surface area (Å²) in [5.41, 5.74) is -0.0640. The molecule has 0 amide bonds. The summed E-state index contributed by atoms with van der Waals surface area (Å²) in [5.74, 6) is 0.239. The van der Waals surface area contributed by atoms with Gasteiger partial charge in [-0.3, -0.25) is 4.79 Å². The van der Waals surface area contributed by atoms with E-state index in [0.717, 1.165) is 25.7 Å². The molecule has 3 aliphatic heterocycles. The number of carbonyl (C=O) groups excluding carboxylic acids is 1. The van der Waals surface area contributed by atoms with Crippen molar-refractivity contribution in [1.82, 2.24) is 0 Å². The maximum atomic E-state index is 11.9. The maximum Gasteiger partial charge on any atom is 0.309 e. The molecule has 1 aliphatic carbocycles. The lowest BCUT2D eigenvalue weighted by Gasteiger charge is -2.21. The summed E-state index contributed by atoms with van der Waals surface area (Å²) in [7, 11) is 0. The Balaban J connectivity index is 1.60. The van der Waals surface area contributed by atoms with Gasteiger partial charge in [-0.1, -0.05) is 6.92 Å². The second-order valence-corrected chi connectivity index (χ2v) is 7.20. The average Bonchev–Trinajstić information content (AvgIpc) is 3.18. The molecule has 0 unspecified atom stereocenters. The normalized spacial score (nSPS) is 59.5. The molecule has 3 saturated heterocycles. The second-order valence-electron chi connectivity index (χ2n) is 7.20. The molecule has 4 rings (SSSR count). The average molecular weight is 266 g/mol. The van der Waals surface area contributed by atoms with Crippen LogP contribution in [0.5, 0.6) is 0 Å². The molecule has 4 aliphatic rings. The Hall–Kier alpha value is -0.610. The first kappa shape index (κ1) is 12.2. The van der Waals surface area contributed by atoms with Crippen LogP contribution in [0.1, 0.15) is 46.5 Å². The molecule has 1 saturated carbocycles. The van der Waals surface area contributed by atoms with E-state index in [1.165, 1.54) is 0 Å². The molecule has 4 fully saturated rings. The van der Waals surface area contributed by atoms with Gasteiger partial charge < -0.3 is 14.2 Å². The van der Waals surface area contributed by atoms with Crippen LogP contribution >= 0.6 is 0 Å². The number of esters is 1. The van der Waals surface area contributed by atoms with Crippen molar-refractivity contribution >= 4 is 5.97 Å². The van der Waals surface area contributed by atoms with Crippen molar-refractivity contribution < 1.29 is 19.0 Å². The lowest BCUT2D eigenvalue weighted by molar-refractivity contribution is -0.144. The Morgan fingerprint density at radius 2 is 1.84 bits per heavy atom. The summed E-state index contributed by atoms with van der Waals surface area (Å²) in [6.07, 6.45) is 4.56. The number of fused-ring (bicyclic) bond motifs is 4. The molecule has 0 aromatic carbocycles. The third-order valence-electron chi connectivity index (χ3n) is 5.84. The van der Waals surface area contributed by atoms with Crippen LogP contribution < -0.4 is 0 Å². The Bertz CT molecular complexity index is 436. The number of carbonyl (C=O) groups is 1. The lowest BCUT2D eigenvalue weighted by Crippen LogP contribution is -2.31. The molecule has 7 atom stereocenters. The fraction of sp³-hybridized carbons (Fsp3) is 0.933. The summed E-state index contributed by atoms with van der Waals surface area (Å²) in [6.45, 7) is 6.34. The Morgan fingerprint density at radius 3 is 2.63 bits per heavy atom. The smallest absolute Gasteiger partial charge is 0.309 e. The molecule has 3 heterocycles. The molecule has 4 heteroatoms. The summed E-state index contributed by atoms with van der Waals surface area (Å²) in [5, 5.41) is 0. The maximum absolute atomic E-state index is 11.9. The van der Waals surface area contributed by atoms with Gasteiger partial charge in [-0.2, -0.15) is 0 Å². The lowest BCUT2D eigenvalue weighted by atomic mass is 9.79. The van der Waals surface area contributed by atoms with Gasteiger partial charge >= 0.3 is 5.97 Å². The van der Waals surface area contributed by atoms with E-state index in [1.807, 2.05) is 6.92 Å². The summed E-state index contributed by atoms with van der Waals surface area (Å²) < 4.78 is 17.4. The minimum absolute atomic E-state index is 0.00123. The van der Waals surface area contributed by atoms with Crippen LogP contribution in [0.2, 0.25) is 0 Å². The first-order valence-electron chi connectivity index (χ1n) is 7.49. The van der Waals surface area contributed by atoms with E-state index in [1.54, 1.807) is 0 Å². The Kier molecular flexibility index (Phi) is 2.26. The van der Waals surface area contributed by atoms with Crippen LogP contribution in [0, 0.1) is 11.8 Å². The van der Waals surface area contributed by atoms with E-state index in [9.17, 15) is 4.79 Å². The van der Waals surface area contributed by atoms with Crippen LogP contribution in [-0.2, 0) is 19.0 Å². The van der Waals surface area contributed by atoms with Gasteiger partial charge in [-0.25, -0.2) is 0 Å². The highest BCUT2D eigenvalue weighted by molar-refractivity contribution is 5.75. The first-order chi connectivity index (χ1) is 8.93. The number of epoxide rings is 2. The van der Waals surface area contributed by atoms with Crippen molar-refractivity contribution in [2.24, 2.45) is 11.8 Å². The SMILES string of the molecule is C[C@H]1C(=O)O[C@H]2[C@@H]1CC[C@@]1(C)O[C@@H]1CC[C@@]1(C)O[C@H]21. The molecule has 0 spiro atoms. The molecule has 0 aromatic rings. The van der Waals surface area contributed by atoms with Crippen molar-refractivity contribution in [3.63, 3.8) is 0 Å². The zero-order valence-electron chi connectivity index (χ0n) is 11.8. The molecule has 4 nitrogen and oxygen atoms in total. The molecule has 0 N–H and O–H groups in total. The minimum atomic E-state index is -0.0997. The summed E-state index contributed by atoms with van der Waals surface area (Å²) in [4.78, 5) is 11.9. The van der Waals surface area contributed by atoms with Gasteiger partial charge in [0.05, 0.1) is 23.2 Å². The molecule has 0 bridgehead atoms. The predicted octanol–water partition coefficient (Wildman–Crippen LogP) is 2.05. The summed E-state index contributed by atoms with van der Waals surface area (Å²) >= 11 is 0. The Morgan fingerprint density at radius 1 is 1.11 bits per heavy atom. The Labute approximate surface area is 113 Å². The second kappa shape index (κ2) is 3.53. The fourth-order valence-corrected chi connectivity index (χ4v) is 4.11. The van der Waals surface area contributed by atoms with Crippen molar-refractivity contribution in [3.05, 3.63) is 0 Å². The van der Waals surface area contributed by atoms with E-state index >= 15 is 0 Å². The zero-order chi connectivity index (χ0) is 13.4. The van der Waals surface area contributed by atoms with Crippen LogP contribution in [0.3, 0.4) is 0 Å². The zero-order valence-corrected chi connectivity index (χ0v) is 11.8. The van der Waals surface area contributed by atoms with Crippen LogP contribution in [0.25, 0.3) is 0 Å². The third-order valence-corrected chi connectivity index (χ3v) is 5.84. The molecule has 0 aromatic heterocycles. The molecule has 19 heavy (non-hydrogen) atoms. The van der Waals surface area contributed by atoms with Gasteiger partial charge in [-0.05, 0) is 39.5 Å². The van der Waals surface area contributed by atoms with E-state index in [-0.39, 0.29) is 35.3 Å². The predicted molar refractivity (Wildman–Crippen MR) is 67.6 cm³/mol. The number of rotatable bonds is 0. The van der Waals surface area contributed by atoms with Gasteiger partial charge in [-0.15, -0.1) is 0 Å². The van der Waals surface area contributed by atoms with Crippen molar-refractivity contribution in [2.45, 2.75) is 76.0 Å². The summed E-state index contributed by atoms with van der Waals surface area (Å²) in [6, 6.07) is 0. The molecule has 0 radical (unpaired) electrons. The number of hydrogen-bond donors (Lipinski definition) is 0. The van der Waals surface area contributed by atoms with E-state index in [0.29, 0.717) is 12.0 Å². The van der Waals surface area contributed by atoms with Gasteiger partial charge in [0.15, 0.2) is 0 Å². The highest BCUT2D eigenvalue weighted by atomic mass is 16.6. The first-order valence-corrected chi connectivity index (χ1v) is 7.49. The van der Waals surface area contributed by atoms with E-state index in [4.69, 9.17) is 14.2 Å². The van der Waals surface area contributed by atoms with Crippen LogP contribution in [0.15, 0.2) is 0 Å². The third kappa shape index (κ3) is 1.69. The quantitative estimate of drug-likeness (QED) is 0.497. The molecular weight excluding hydrogens is 244 g/mol. The number of hydrogen-bond acceptors (Lipinski definition) is 4. The van der Waals surface area contributed by atoms with E-state index < -0.39 is 0 Å².